The first kappa shape index (κ1) is 16.6. The number of hydrogen-bond donors (Lipinski definition) is 2. The number of aryl methyl sites for hydroxylation is 1. The lowest BCUT2D eigenvalue weighted by atomic mass is 10.2. The first-order valence-electron chi connectivity index (χ1n) is 5.93. The van der Waals surface area contributed by atoms with Crippen molar-refractivity contribution in [3.8, 4) is 0 Å². The molecular weight excluding hydrogens is 332 g/mol. The van der Waals surface area contributed by atoms with Gasteiger partial charge in [0.05, 0.1) is 11.5 Å². The smallest absolute Gasteiger partial charge is 0.240 e. The van der Waals surface area contributed by atoms with Gasteiger partial charge in [-0.05, 0) is 24.6 Å². The van der Waals surface area contributed by atoms with Crippen molar-refractivity contribution < 1.29 is 13.2 Å². The van der Waals surface area contributed by atoms with Crippen LogP contribution in [0.25, 0.3) is 0 Å². The standard InChI is InChI=1S/C12H19BrN2O3S/c1-10-3-4-11(13)9-12(10)19(16,17)15-6-5-14-7-8-18-2/h3-4,9,14-15H,5-8H2,1-2H3. The fourth-order valence-electron chi connectivity index (χ4n) is 1.51. The van der Waals surface area contributed by atoms with E-state index in [1.54, 1.807) is 26.2 Å². The Bertz CT molecular complexity index is 506. The summed E-state index contributed by atoms with van der Waals surface area (Å²) in [6.45, 7) is 4.00. The third-order valence-corrected chi connectivity index (χ3v) is 4.61. The van der Waals surface area contributed by atoms with E-state index in [1.165, 1.54) is 0 Å². The van der Waals surface area contributed by atoms with Gasteiger partial charge in [-0.1, -0.05) is 22.0 Å². The lowest BCUT2D eigenvalue weighted by molar-refractivity contribution is 0.199. The molecule has 2 N–H and O–H groups in total. The summed E-state index contributed by atoms with van der Waals surface area (Å²) in [4.78, 5) is 0.304. The number of halogens is 1. The van der Waals surface area contributed by atoms with Crippen LogP contribution in [0.3, 0.4) is 0 Å². The van der Waals surface area contributed by atoms with Crippen LogP contribution < -0.4 is 10.0 Å². The van der Waals surface area contributed by atoms with Crippen LogP contribution in [0, 0.1) is 6.92 Å². The maximum absolute atomic E-state index is 12.1. The van der Waals surface area contributed by atoms with Crippen molar-refractivity contribution >= 4 is 26.0 Å². The topological polar surface area (TPSA) is 67.4 Å². The van der Waals surface area contributed by atoms with Crippen LogP contribution >= 0.6 is 15.9 Å². The summed E-state index contributed by atoms with van der Waals surface area (Å²) < 4.78 is 32.4. The molecule has 0 radical (unpaired) electrons. The first-order valence-corrected chi connectivity index (χ1v) is 8.20. The number of hydrogen-bond acceptors (Lipinski definition) is 4. The van der Waals surface area contributed by atoms with Crippen LogP contribution in [0.5, 0.6) is 0 Å². The summed E-state index contributed by atoms with van der Waals surface area (Å²) in [5.41, 5.74) is 0.725. The largest absolute Gasteiger partial charge is 0.383 e. The first-order chi connectivity index (χ1) is 8.97. The van der Waals surface area contributed by atoms with Gasteiger partial charge in [0.25, 0.3) is 0 Å². The van der Waals surface area contributed by atoms with E-state index in [0.29, 0.717) is 31.1 Å². The Balaban J connectivity index is 2.54. The molecule has 1 rings (SSSR count). The van der Waals surface area contributed by atoms with Gasteiger partial charge in [0.2, 0.25) is 10.0 Å². The minimum Gasteiger partial charge on any atom is -0.383 e. The highest BCUT2D eigenvalue weighted by Crippen LogP contribution is 2.20. The number of methoxy groups -OCH3 is 1. The van der Waals surface area contributed by atoms with Crippen molar-refractivity contribution in [2.24, 2.45) is 0 Å². The number of ether oxygens (including phenoxy) is 1. The van der Waals surface area contributed by atoms with Gasteiger partial charge in [0.1, 0.15) is 0 Å². The minimum absolute atomic E-state index is 0.304. The minimum atomic E-state index is -3.46. The number of nitrogens with one attached hydrogen (secondary N) is 2. The van der Waals surface area contributed by atoms with Crippen molar-refractivity contribution in [2.45, 2.75) is 11.8 Å². The van der Waals surface area contributed by atoms with Crippen molar-refractivity contribution in [1.82, 2.24) is 10.0 Å². The fourth-order valence-corrected chi connectivity index (χ4v) is 3.33. The third kappa shape index (κ3) is 5.58. The maximum Gasteiger partial charge on any atom is 0.240 e. The second-order valence-corrected chi connectivity index (χ2v) is 6.70. The van der Waals surface area contributed by atoms with E-state index in [-0.39, 0.29) is 0 Å². The van der Waals surface area contributed by atoms with E-state index in [9.17, 15) is 8.42 Å². The van der Waals surface area contributed by atoms with Crippen LogP contribution in [-0.2, 0) is 14.8 Å². The summed E-state index contributed by atoms with van der Waals surface area (Å²) in [5, 5.41) is 3.08. The molecule has 0 atom stereocenters. The van der Waals surface area contributed by atoms with Gasteiger partial charge in [-0.3, -0.25) is 0 Å². The quantitative estimate of drug-likeness (QED) is 0.693. The van der Waals surface area contributed by atoms with E-state index in [2.05, 4.69) is 26.0 Å². The highest BCUT2D eigenvalue weighted by molar-refractivity contribution is 9.10. The van der Waals surface area contributed by atoms with Gasteiger partial charge in [-0.15, -0.1) is 0 Å². The van der Waals surface area contributed by atoms with E-state index in [4.69, 9.17) is 4.74 Å². The normalized spacial score (nSPS) is 11.7. The average molecular weight is 351 g/mol. The molecule has 0 aliphatic carbocycles. The summed E-state index contributed by atoms with van der Waals surface area (Å²) >= 11 is 3.28. The molecule has 0 aromatic heterocycles. The van der Waals surface area contributed by atoms with Gasteiger partial charge < -0.3 is 10.1 Å². The Morgan fingerprint density at radius 2 is 2.00 bits per heavy atom. The molecule has 1 aromatic rings. The lowest BCUT2D eigenvalue weighted by Gasteiger charge is -2.10. The molecule has 0 heterocycles. The Morgan fingerprint density at radius 3 is 2.68 bits per heavy atom. The van der Waals surface area contributed by atoms with Crippen LogP contribution in [0.2, 0.25) is 0 Å². The Kier molecular flexibility index (Phi) is 6.95. The molecule has 0 saturated heterocycles. The summed E-state index contributed by atoms with van der Waals surface area (Å²) in [6, 6.07) is 5.20. The van der Waals surface area contributed by atoms with Crippen LogP contribution in [0.1, 0.15) is 5.56 Å². The van der Waals surface area contributed by atoms with Crippen molar-refractivity contribution in [2.75, 3.05) is 33.4 Å². The predicted octanol–water partition coefficient (Wildman–Crippen LogP) is 1.27. The molecule has 0 unspecified atom stereocenters. The zero-order chi connectivity index (χ0) is 14.3. The molecule has 5 nitrogen and oxygen atoms in total. The van der Waals surface area contributed by atoms with Crippen LogP contribution in [0.4, 0.5) is 0 Å². The number of sulfonamides is 1. The monoisotopic (exact) mass is 350 g/mol. The number of rotatable bonds is 8. The zero-order valence-corrected chi connectivity index (χ0v) is 13.5. The van der Waals surface area contributed by atoms with Gasteiger partial charge in [-0.2, -0.15) is 0 Å². The molecule has 0 saturated carbocycles. The molecule has 0 spiro atoms. The number of benzene rings is 1. The van der Waals surface area contributed by atoms with E-state index in [1.807, 2.05) is 6.07 Å². The highest BCUT2D eigenvalue weighted by atomic mass is 79.9. The van der Waals surface area contributed by atoms with Crippen LogP contribution in [0.15, 0.2) is 27.6 Å². The molecule has 108 valence electrons. The summed E-state index contributed by atoms with van der Waals surface area (Å²) in [7, 11) is -1.83. The van der Waals surface area contributed by atoms with Gasteiger partial charge >= 0.3 is 0 Å². The molecule has 0 bridgehead atoms. The predicted molar refractivity (Wildman–Crippen MR) is 78.8 cm³/mol. The Labute approximate surface area is 122 Å². The average Bonchev–Trinajstić information content (AvgIpc) is 2.36. The molecule has 1 aromatic carbocycles. The molecule has 7 heteroatoms. The highest BCUT2D eigenvalue weighted by Gasteiger charge is 2.16. The van der Waals surface area contributed by atoms with Gasteiger partial charge in [-0.25, -0.2) is 13.1 Å². The van der Waals surface area contributed by atoms with Gasteiger partial charge in [0.15, 0.2) is 0 Å². The second-order valence-electron chi connectivity index (χ2n) is 4.05. The fraction of sp³-hybridized carbons (Fsp3) is 0.500. The van der Waals surface area contributed by atoms with E-state index >= 15 is 0 Å². The molecule has 0 fully saturated rings. The van der Waals surface area contributed by atoms with E-state index in [0.717, 1.165) is 10.0 Å². The third-order valence-electron chi connectivity index (χ3n) is 2.52. The van der Waals surface area contributed by atoms with Crippen LogP contribution in [-0.4, -0.2) is 41.8 Å². The molecule has 0 aliphatic rings. The Hall–Kier alpha value is -0.470. The molecule has 19 heavy (non-hydrogen) atoms. The van der Waals surface area contributed by atoms with Crippen molar-refractivity contribution in [3.63, 3.8) is 0 Å². The zero-order valence-electron chi connectivity index (χ0n) is 11.1. The second kappa shape index (κ2) is 7.96. The van der Waals surface area contributed by atoms with Crippen molar-refractivity contribution in [1.29, 1.82) is 0 Å². The Morgan fingerprint density at radius 1 is 1.26 bits per heavy atom. The molecular formula is C12H19BrN2O3S. The summed E-state index contributed by atoms with van der Waals surface area (Å²) in [6.07, 6.45) is 0. The lowest BCUT2D eigenvalue weighted by Crippen LogP contribution is -2.33. The van der Waals surface area contributed by atoms with Gasteiger partial charge in [0, 0.05) is 31.2 Å². The summed E-state index contributed by atoms with van der Waals surface area (Å²) in [5.74, 6) is 0. The van der Waals surface area contributed by atoms with Crippen molar-refractivity contribution in [3.05, 3.63) is 28.2 Å². The maximum atomic E-state index is 12.1. The van der Waals surface area contributed by atoms with E-state index < -0.39 is 10.0 Å². The SMILES string of the molecule is COCCNCCNS(=O)(=O)c1cc(Br)ccc1C. The molecule has 0 amide bonds. The molecule has 0 aliphatic heterocycles.